The standard InChI is InChI=1S/C19H27NO2/c1-14(21)11-19(2,3)13-20-12-17-16-8-6-5-7-15(16)9-10-18(17)22-4/h5-10,14,20-21H,11-13H2,1-4H3. The highest BCUT2D eigenvalue weighted by molar-refractivity contribution is 5.87. The minimum atomic E-state index is -0.274. The van der Waals surface area contributed by atoms with Crippen molar-refractivity contribution >= 4 is 10.8 Å². The Kier molecular flexibility index (Phi) is 5.43. The number of ether oxygens (including phenoxy) is 1. The van der Waals surface area contributed by atoms with E-state index in [1.807, 2.05) is 13.0 Å². The fraction of sp³-hybridized carbons (Fsp3) is 0.474. The molecule has 3 heteroatoms. The summed E-state index contributed by atoms with van der Waals surface area (Å²) in [6, 6.07) is 12.5. The van der Waals surface area contributed by atoms with Gasteiger partial charge in [0.25, 0.3) is 0 Å². The number of nitrogens with one attached hydrogen (secondary N) is 1. The van der Waals surface area contributed by atoms with E-state index >= 15 is 0 Å². The maximum atomic E-state index is 9.58. The molecule has 0 aliphatic heterocycles. The van der Waals surface area contributed by atoms with E-state index < -0.39 is 0 Å². The maximum absolute atomic E-state index is 9.58. The summed E-state index contributed by atoms with van der Waals surface area (Å²) >= 11 is 0. The third-order valence-electron chi connectivity index (χ3n) is 3.97. The van der Waals surface area contributed by atoms with Crippen molar-refractivity contribution in [3.8, 4) is 5.75 Å². The van der Waals surface area contributed by atoms with E-state index in [4.69, 9.17) is 4.74 Å². The summed E-state index contributed by atoms with van der Waals surface area (Å²) in [6.07, 6.45) is 0.510. The summed E-state index contributed by atoms with van der Waals surface area (Å²) in [6.45, 7) is 7.80. The smallest absolute Gasteiger partial charge is 0.123 e. The van der Waals surface area contributed by atoms with Gasteiger partial charge in [-0.25, -0.2) is 0 Å². The number of fused-ring (bicyclic) bond motifs is 1. The first-order valence-corrected chi connectivity index (χ1v) is 7.86. The van der Waals surface area contributed by atoms with Crippen LogP contribution >= 0.6 is 0 Å². The van der Waals surface area contributed by atoms with Gasteiger partial charge in [0.1, 0.15) is 5.75 Å². The van der Waals surface area contributed by atoms with Crippen molar-refractivity contribution in [2.45, 2.75) is 39.8 Å². The van der Waals surface area contributed by atoms with Gasteiger partial charge < -0.3 is 15.2 Å². The lowest BCUT2D eigenvalue weighted by Crippen LogP contribution is -2.31. The Hall–Kier alpha value is -1.58. The van der Waals surface area contributed by atoms with Gasteiger partial charge in [-0.3, -0.25) is 0 Å². The van der Waals surface area contributed by atoms with Gasteiger partial charge in [-0.1, -0.05) is 44.2 Å². The summed E-state index contributed by atoms with van der Waals surface area (Å²) < 4.78 is 5.52. The second-order valence-electron chi connectivity index (χ2n) is 6.79. The molecular weight excluding hydrogens is 274 g/mol. The minimum Gasteiger partial charge on any atom is -0.496 e. The summed E-state index contributed by atoms with van der Waals surface area (Å²) in [4.78, 5) is 0. The van der Waals surface area contributed by atoms with Crippen LogP contribution in [-0.4, -0.2) is 24.9 Å². The van der Waals surface area contributed by atoms with Crippen LogP contribution in [0, 0.1) is 5.41 Å². The first-order valence-electron chi connectivity index (χ1n) is 7.86. The van der Waals surface area contributed by atoms with Gasteiger partial charge in [0, 0.05) is 18.7 Å². The third-order valence-corrected chi connectivity index (χ3v) is 3.97. The first kappa shape index (κ1) is 16.8. The number of benzene rings is 2. The lowest BCUT2D eigenvalue weighted by molar-refractivity contribution is 0.128. The molecule has 0 heterocycles. The number of aliphatic hydroxyl groups is 1. The molecule has 1 unspecified atom stereocenters. The molecule has 0 spiro atoms. The SMILES string of the molecule is COc1ccc2ccccc2c1CNCC(C)(C)CC(C)O. The maximum Gasteiger partial charge on any atom is 0.123 e. The molecule has 1 atom stereocenters. The van der Waals surface area contributed by atoms with Gasteiger partial charge in [-0.15, -0.1) is 0 Å². The summed E-state index contributed by atoms with van der Waals surface area (Å²) in [5, 5.41) is 15.6. The van der Waals surface area contributed by atoms with Gasteiger partial charge in [0.05, 0.1) is 13.2 Å². The van der Waals surface area contributed by atoms with Crippen LogP contribution < -0.4 is 10.1 Å². The molecule has 2 N–H and O–H groups in total. The van der Waals surface area contributed by atoms with E-state index in [-0.39, 0.29) is 11.5 Å². The van der Waals surface area contributed by atoms with Crippen molar-refractivity contribution in [3.63, 3.8) is 0 Å². The van der Waals surface area contributed by atoms with Crippen LogP contribution in [0.3, 0.4) is 0 Å². The summed E-state index contributed by atoms with van der Waals surface area (Å²) in [7, 11) is 1.71. The highest BCUT2D eigenvalue weighted by Crippen LogP contribution is 2.28. The second-order valence-corrected chi connectivity index (χ2v) is 6.79. The molecule has 2 rings (SSSR count). The molecule has 0 radical (unpaired) electrons. The van der Waals surface area contributed by atoms with Crippen molar-refractivity contribution in [2.75, 3.05) is 13.7 Å². The quantitative estimate of drug-likeness (QED) is 0.818. The summed E-state index contributed by atoms with van der Waals surface area (Å²) in [5.41, 5.74) is 1.25. The molecule has 0 aromatic heterocycles. The van der Waals surface area contributed by atoms with Crippen LogP contribution in [-0.2, 0) is 6.54 Å². The molecule has 0 aliphatic carbocycles. The molecule has 0 saturated heterocycles. The molecule has 3 nitrogen and oxygen atoms in total. The van der Waals surface area contributed by atoms with E-state index in [0.29, 0.717) is 0 Å². The van der Waals surface area contributed by atoms with Crippen LogP contribution in [0.4, 0.5) is 0 Å². The normalized spacial score (nSPS) is 13.3. The molecule has 0 bridgehead atoms. The van der Waals surface area contributed by atoms with Crippen LogP contribution in [0.15, 0.2) is 36.4 Å². The Morgan fingerprint density at radius 1 is 1.18 bits per heavy atom. The predicted molar refractivity (Wildman–Crippen MR) is 92.3 cm³/mol. The van der Waals surface area contributed by atoms with Gasteiger partial charge in [0.2, 0.25) is 0 Å². The molecular formula is C19H27NO2. The Labute approximate surface area is 133 Å². The molecule has 2 aromatic carbocycles. The van der Waals surface area contributed by atoms with E-state index in [1.165, 1.54) is 16.3 Å². The Morgan fingerprint density at radius 3 is 2.59 bits per heavy atom. The van der Waals surface area contributed by atoms with Gasteiger partial charge >= 0.3 is 0 Å². The van der Waals surface area contributed by atoms with Crippen molar-refractivity contribution in [3.05, 3.63) is 42.0 Å². The number of hydrogen-bond acceptors (Lipinski definition) is 3. The van der Waals surface area contributed by atoms with Crippen molar-refractivity contribution in [1.29, 1.82) is 0 Å². The fourth-order valence-corrected chi connectivity index (χ4v) is 3.09. The van der Waals surface area contributed by atoms with Crippen molar-refractivity contribution in [1.82, 2.24) is 5.32 Å². The van der Waals surface area contributed by atoms with E-state index in [2.05, 4.69) is 49.5 Å². The molecule has 22 heavy (non-hydrogen) atoms. The third kappa shape index (κ3) is 4.21. The lowest BCUT2D eigenvalue weighted by atomic mass is 9.87. The highest BCUT2D eigenvalue weighted by Gasteiger charge is 2.20. The minimum absolute atomic E-state index is 0.0615. The van der Waals surface area contributed by atoms with Gasteiger partial charge in [-0.2, -0.15) is 0 Å². The van der Waals surface area contributed by atoms with Crippen LogP contribution in [0.1, 0.15) is 32.8 Å². The Morgan fingerprint density at radius 2 is 1.91 bits per heavy atom. The zero-order chi connectivity index (χ0) is 16.2. The van der Waals surface area contributed by atoms with Crippen molar-refractivity contribution in [2.24, 2.45) is 5.41 Å². The van der Waals surface area contributed by atoms with E-state index in [0.717, 1.165) is 25.3 Å². The molecule has 120 valence electrons. The Balaban J connectivity index is 2.14. The number of rotatable bonds is 7. The van der Waals surface area contributed by atoms with Crippen LogP contribution in [0.5, 0.6) is 5.75 Å². The number of hydrogen-bond donors (Lipinski definition) is 2. The number of aliphatic hydroxyl groups excluding tert-OH is 1. The fourth-order valence-electron chi connectivity index (χ4n) is 3.09. The largest absolute Gasteiger partial charge is 0.496 e. The average Bonchev–Trinajstić information content (AvgIpc) is 2.45. The first-order chi connectivity index (χ1) is 10.4. The monoisotopic (exact) mass is 301 g/mol. The molecule has 0 saturated carbocycles. The van der Waals surface area contributed by atoms with E-state index in [9.17, 15) is 5.11 Å². The average molecular weight is 301 g/mol. The second kappa shape index (κ2) is 7.12. The zero-order valence-corrected chi connectivity index (χ0v) is 14.0. The van der Waals surface area contributed by atoms with E-state index in [1.54, 1.807) is 7.11 Å². The zero-order valence-electron chi connectivity index (χ0n) is 14.0. The van der Waals surface area contributed by atoms with Gasteiger partial charge in [-0.05, 0) is 35.6 Å². The molecule has 0 aliphatic rings. The number of methoxy groups -OCH3 is 1. The van der Waals surface area contributed by atoms with Gasteiger partial charge in [0.15, 0.2) is 0 Å². The predicted octanol–water partition coefficient (Wildman–Crippen LogP) is 3.74. The van der Waals surface area contributed by atoms with Crippen LogP contribution in [0.2, 0.25) is 0 Å². The van der Waals surface area contributed by atoms with Crippen LogP contribution in [0.25, 0.3) is 10.8 Å². The molecule has 2 aromatic rings. The highest BCUT2D eigenvalue weighted by atomic mass is 16.5. The topological polar surface area (TPSA) is 41.5 Å². The molecule has 0 fully saturated rings. The lowest BCUT2D eigenvalue weighted by Gasteiger charge is -2.26. The Bertz CT molecular complexity index is 620. The van der Waals surface area contributed by atoms with Crippen molar-refractivity contribution < 1.29 is 9.84 Å². The molecule has 0 amide bonds. The summed E-state index contributed by atoms with van der Waals surface area (Å²) in [5.74, 6) is 0.916.